The minimum Gasteiger partial charge on any atom is -0.484 e. The van der Waals surface area contributed by atoms with Crippen LogP contribution in [0.5, 0.6) is 5.75 Å². The van der Waals surface area contributed by atoms with Gasteiger partial charge in [-0.2, -0.15) is 0 Å². The molecule has 1 saturated carbocycles. The first-order valence-corrected chi connectivity index (χ1v) is 5.99. The lowest BCUT2D eigenvalue weighted by Crippen LogP contribution is -2.29. The standard InChI is InChI=1S/C13H18N2O2/c14-11-3-5-12(6-4-11)17-9-13(16)15-8-7-10-1-2-10/h3-6,10H,1-2,7-9,14H2,(H,15,16). The van der Waals surface area contributed by atoms with Crippen LogP contribution in [0.25, 0.3) is 0 Å². The lowest BCUT2D eigenvalue weighted by Gasteiger charge is -2.07. The first kappa shape index (κ1) is 11.8. The Morgan fingerprint density at radius 1 is 1.35 bits per heavy atom. The fourth-order valence-corrected chi connectivity index (χ4v) is 1.59. The third-order valence-corrected chi connectivity index (χ3v) is 2.82. The second-order valence-electron chi connectivity index (χ2n) is 4.44. The van der Waals surface area contributed by atoms with Crippen molar-refractivity contribution in [2.45, 2.75) is 19.3 Å². The second-order valence-corrected chi connectivity index (χ2v) is 4.44. The summed E-state index contributed by atoms with van der Waals surface area (Å²) in [5, 5.41) is 2.85. The van der Waals surface area contributed by atoms with Gasteiger partial charge in [0.1, 0.15) is 5.75 Å². The minimum absolute atomic E-state index is 0.0641. The number of nitrogen functional groups attached to an aromatic ring is 1. The van der Waals surface area contributed by atoms with Crippen molar-refractivity contribution in [3.8, 4) is 5.75 Å². The van der Waals surface area contributed by atoms with Gasteiger partial charge in [-0.3, -0.25) is 4.79 Å². The molecule has 0 radical (unpaired) electrons. The maximum Gasteiger partial charge on any atom is 0.257 e. The van der Waals surface area contributed by atoms with Crippen molar-refractivity contribution in [2.24, 2.45) is 5.92 Å². The summed E-state index contributed by atoms with van der Waals surface area (Å²) in [6, 6.07) is 7.01. The van der Waals surface area contributed by atoms with Gasteiger partial charge in [-0.05, 0) is 36.6 Å². The van der Waals surface area contributed by atoms with Gasteiger partial charge in [-0.1, -0.05) is 12.8 Å². The lowest BCUT2D eigenvalue weighted by molar-refractivity contribution is -0.123. The minimum atomic E-state index is -0.0672. The number of ether oxygens (including phenoxy) is 1. The molecule has 1 fully saturated rings. The molecule has 0 aromatic heterocycles. The maximum atomic E-state index is 11.4. The molecular formula is C13H18N2O2. The Labute approximate surface area is 101 Å². The number of amides is 1. The van der Waals surface area contributed by atoms with Crippen molar-refractivity contribution in [3.63, 3.8) is 0 Å². The fraction of sp³-hybridized carbons (Fsp3) is 0.462. The van der Waals surface area contributed by atoms with Crippen molar-refractivity contribution in [2.75, 3.05) is 18.9 Å². The van der Waals surface area contributed by atoms with Crippen LogP contribution in [0.15, 0.2) is 24.3 Å². The van der Waals surface area contributed by atoms with Gasteiger partial charge in [-0.15, -0.1) is 0 Å². The van der Waals surface area contributed by atoms with Gasteiger partial charge in [0.15, 0.2) is 6.61 Å². The molecule has 1 amide bonds. The first-order valence-electron chi connectivity index (χ1n) is 5.99. The molecule has 17 heavy (non-hydrogen) atoms. The van der Waals surface area contributed by atoms with Crippen LogP contribution >= 0.6 is 0 Å². The molecule has 1 aliphatic carbocycles. The molecule has 0 heterocycles. The molecule has 4 nitrogen and oxygen atoms in total. The van der Waals surface area contributed by atoms with E-state index in [1.807, 2.05) is 0 Å². The van der Waals surface area contributed by atoms with Crippen LogP contribution in [0.2, 0.25) is 0 Å². The highest BCUT2D eigenvalue weighted by Crippen LogP contribution is 2.31. The number of carbonyl (C=O) groups excluding carboxylic acids is 1. The van der Waals surface area contributed by atoms with Crippen LogP contribution in [0.1, 0.15) is 19.3 Å². The van der Waals surface area contributed by atoms with Gasteiger partial charge in [0.25, 0.3) is 5.91 Å². The first-order chi connectivity index (χ1) is 8.24. The van der Waals surface area contributed by atoms with Crippen molar-refractivity contribution in [1.29, 1.82) is 0 Å². The molecule has 0 unspecified atom stereocenters. The topological polar surface area (TPSA) is 64.3 Å². The molecule has 2 rings (SSSR count). The number of benzene rings is 1. The molecular weight excluding hydrogens is 216 g/mol. The summed E-state index contributed by atoms with van der Waals surface area (Å²) >= 11 is 0. The van der Waals surface area contributed by atoms with Gasteiger partial charge in [-0.25, -0.2) is 0 Å². The Kier molecular flexibility index (Phi) is 3.85. The molecule has 0 aliphatic heterocycles. The average molecular weight is 234 g/mol. The molecule has 1 aromatic carbocycles. The summed E-state index contributed by atoms with van der Waals surface area (Å²) in [7, 11) is 0. The smallest absolute Gasteiger partial charge is 0.257 e. The van der Waals surface area contributed by atoms with Crippen LogP contribution in [0.4, 0.5) is 5.69 Å². The van der Waals surface area contributed by atoms with E-state index in [0.717, 1.165) is 18.9 Å². The molecule has 0 bridgehead atoms. The van der Waals surface area contributed by atoms with Crippen LogP contribution in [0, 0.1) is 5.92 Å². The van der Waals surface area contributed by atoms with Crippen molar-refractivity contribution in [3.05, 3.63) is 24.3 Å². The molecule has 3 N–H and O–H groups in total. The van der Waals surface area contributed by atoms with Gasteiger partial charge in [0, 0.05) is 12.2 Å². The van der Waals surface area contributed by atoms with Crippen LogP contribution < -0.4 is 15.8 Å². The zero-order valence-corrected chi connectivity index (χ0v) is 9.82. The molecule has 92 valence electrons. The Bertz CT molecular complexity index is 372. The summed E-state index contributed by atoms with van der Waals surface area (Å²) in [6.07, 6.45) is 3.73. The summed E-state index contributed by atoms with van der Waals surface area (Å²) in [5.74, 6) is 1.44. The third kappa shape index (κ3) is 4.34. The Balaban J connectivity index is 1.62. The van der Waals surface area contributed by atoms with Crippen LogP contribution in [-0.2, 0) is 4.79 Å². The quantitative estimate of drug-likeness (QED) is 0.734. The van der Waals surface area contributed by atoms with E-state index in [1.165, 1.54) is 12.8 Å². The number of nitrogens with one attached hydrogen (secondary N) is 1. The summed E-state index contributed by atoms with van der Waals surface area (Å²) < 4.78 is 5.33. The van der Waals surface area contributed by atoms with E-state index in [4.69, 9.17) is 10.5 Å². The van der Waals surface area contributed by atoms with E-state index in [-0.39, 0.29) is 12.5 Å². The van der Waals surface area contributed by atoms with Gasteiger partial charge in [0.2, 0.25) is 0 Å². The zero-order valence-electron chi connectivity index (χ0n) is 9.82. The van der Waals surface area contributed by atoms with E-state index < -0.39 is 0 Å². The molecule has 1 aliphatic rings. The van der Waals surface area contributed by atoms with E-state index in [2.05, 4.69) is 5.32 Å². The summed E-state index contributed by atoms with van der Waals surface area (Å²) in [5.41, 5.74) is 6.23. The van der Waals surface area contributed by atoms with Gasteiger partial charge in [0.05, 0.1) is 0 Å². The molecule has 0 atom stereocenters. The third-order valence-electron chi connectivity index (χ3n) is 2.82. The van der Waals surface area contributed by atoms with Crippen LogP contribution in [0.3, 0.4) is 0 Å². The van der Waals surface area contributed by atoms with E-state index in [9.17, 15) is 4.79 Å². The number of rotatable bonds is 6. The molecule has 1 aromatic rings. The Morgan fingerprint density at radius 2 is 2.06 bits per heavy atom. The van der Waals surface area contributed by atoms with Crippen molar-refractivity contribution >= 4 is 11.6 Å². The number of anilines is 1. The van der Waals surface area contributed by atoms with E-state index >= 15 is 0 Å². The van der Waals surface area contributed by atoms with Gasteiger partial charge < -0.3 is 15.8 Å². The van der Waals surface area contributed by atoms with E-state index in [0.29, 0.717) is 11.4 Å². The number of carbonyl (C=O) groups is 1. The largest absolute Gasteiger partial charge is 0.484 e. The normalized spacial score (nSPS) is 14.4. The highest BCUT2D eigenvalue weighted by Gasteiger charge is 2.20. The highest BCUT2D eigenvalue weighted by molar-refractivity contribution is 5.77. The molecule has 0 spiro atoms. The highest BCUT2D eigenvalue weighted by atomic mass is 16.5. The van der Waals surface area contributed by atoms with Crippen molar-refractivity contribution in [1.82, 2.24) is 5.32 Å². The molecule has 4 heteroatoms. The van der Waals surface area contributed by atoms with Crippen LogP contribution in [-0.4, -0.2) is 19.1 Å². The average Bonchev–Trinajstić information content (AvgIpc) is 3.12. The van der Waals surface area contributed by atoms with Gasteiger partial charge >= 0.3 is 0 Å². The number of hydrogen-bond donors (Lipinski definition) is 2. The number of hydrogen-bond acceptors (Lipinski definition) is 3. The second kappa shape index (κ2) is 5.57. The molecule has 0 saturated heterocycles. The fourth-order valence-electron chi connectivity index (χ4n) is 1.59. The zero-order chi connectivity index (χ0) is 12.1. The lowest BCUT2D eigenvalue weighted by atomic mass is 10.3. The van der Waals surface area contributed by atoms with E-state index in [1.54, 1.807) is 24.3 Å². The predicted octanol–water partition coefficient (Wildman–Crippen LogP) is 1.56. The van der Waals surface area contributed by atoms with Crippen molar-refractivity contribution < 1.29 is 9.53 Å². The monoisotopic (exact) mass is 234 g/mol. The summed E-state index contributed by atoms with van der Waals surface area (Å²) in [4.78, 5) is 11.4. The Hall–Kier alpha value is -1.71. The predicted molar refractivity (Wildman–Crippen MR) is 66.7 cm³/mol. The number of nitrogens with two attached hydrogens (primary N) is 1. The Morgan fingerprint density at radius 3 is 2.71 bits per heavy atom. The summed E-state index contributed by atoms with van der Waals surface area (Å²) in [6.45, 7) is 0.823. The maximum absolute atomic E-state index is 11.4. The SMILES string of the molecule is Nc1ccc(OCC(=O)NCCC2CC2)cc1.